The van der Waals surface area contributed by atoms with Gasteiger partial charge in [0, 0.05) is 10.4 Å². The van der Waals surface area contributed by atoms with Crippen molar-refractivity contribution in [1.29, 1.82) is 0 Å². The van der Waals surface area contributed by atoms with Crippen LogP contribution in [0.2, 0.25) is 5.02 Å². The summed E-state index contributed by atoms with van der Waals surface area (Å²) in [5.74, 6) is 1.41. The van der Waals surface area contributed by atoms with Crippen molar-refractivity contribution in [2.75, 3.05) is 0 Å². The van der Waals surface area contributed by atoms with Gasteiger partial charge in [0.25, 0.3) is 5.56 Å². The summed E-state index contributed by atoms with van der Waals surface area (Å²) in [6, 6.07) is 18.1. The van der Waals surface area contributed by atoms with Crippen LogP contribution < -0.4 is 10.3 Å². The number of halogens is 3. The molecule has 1 atom stereocenters. The molecule has 0 unspecified atom stereocenters. The van der Waals surface area contributed by atoms with E-state index < -0.39 is 0 Å². The summed E-state index contributed by atoms with van der Waals surface area (Å²) in [5, 5.41) is 6.38. The van der Waals surface area contributed by atoms with E-state index in [0.29, 0.717) is 33.0 Å². The Hall–Kier alpha value is -2.94. The third-order valence-corrected chi connectivity index (χ3v) is 7.10. The number of fused-ring (bicyclic) bond motifs is 2. The maximum Gasteiger partial charge on any atom is 0.282 e. The van der Waals surface area contributed by atoms with Crippen molar-refractivity contribution in [2.24, 2.45) is 5.10 Å². The zero-order chi connectivity index (χ0) is 25.4. The lowest BCUT2D eigenvalue weighted by Crippen LogP contribution is -2.20. The van der Waals surface area contributed by atoms with E-state index in [-0.39, 0.29) is 17.5 Å². The van der Waals surface area contributed by atoms with Gasteiger partial charge in [0.2, 0.25) is 5.82 Å². The molecule has 0 saturated heterocycles. The molecule has 0 N–H and O–H groups in total. The van der Waals surface area contributed by atoms with Crippen LogP contribution in [0.1, 0.15) is 25.8 Å². The van der Waals surface area contributed by atoms with E-state index in [4.69, 9.17) is 25.7 Å². The molecule has 0 aliphatic rings. The standard InChI is InChI=1S/C27H20Br2ClN3O3/c1-3-15(2)35-25-20(28)10-16(11-21(25)29)14-31-33-26(32-22-7-5-4-6-19(22)27(33)34)24-13-17-12-18(30)8-9-23(17)36-24/h4-15H,3H2,1-2H3/t15-/m0/s1. The van der Waals surface area contributed by atoms with Gasteiger partial charge in [-0.15, -0.1) is 0 Å². The van der Waals surface area contributed by atoms with E-state index in [1.807, 2.05) is 25.1 Å². The van der Waals surface area contributed by atoms with Crippen LogP contribution >= 0.6 is 43.5 Å². The first-order valence-electron chi connectivity index (χ1n) is 11.3. The van der Waals surface area contributed by atoms with Crippen molar-refractivity contribution in [1.82, 2.24) is 9.66 Å². The van der Waals surface area contributed by atoms with Crippen LogP contribution in [-0.2, 0) is 0 Å². The van der Waals surface area contributed by atoms with Crippen molar-refractivity contribution in [3.05, 3.63) is 90.5 Å². The lowest BCUT2D eigenvalue weighted by Gasteiger charge is -2.16. The highest BCUT2D eigenvalue weighted by molar-refractivity contribution is 9.11. The molecular weight excluding hydrogens is 610 g/mol. The van der Waals surface area contributed by atoms with Gasteiger partial charge in [0.1, 0.15) is 11.3 Å². The Kier molecular flexibility index (Phi) is 7.01. The monoisotopic (exact) mass is 627 g/mol. The van der Waals surface area contributed by atoms with Crippen molar-refractivity contribution >= 4 is 71.5 Å². The number of nitrogens with zero attached hydrogens (tertiary/aromatic N) is 3. The van der Waals surface area contributed by atoms with Crippen LogP contribution in [0.4, 0.5) is 0 Å². The van der Waals surface area contributed by atoms with Crippen molar-refractivity contribution < 1.29 is 9.15 Å². The van der Waals surface area contributed by atoms with Gasteiger partial charge in [-0.2, -0.15) is 9.78 Å². The number of ether oxygens (including phenoxy) is 1. The van der Waals surface area contributed by atoms with Crippen LogP contribution in [0, 0.1) is 0 Å². The SMILES string of the molecule is CC[C@H](C)Oc1c(Br)cc(C=Nn2c(-c3cc4cc(Cl)ccc4o3)nc3ccccc3c2=O)cc1Br. The molecule has 36 heavy (non-hydrogen) atoms. The average molecular weight is 630 g/mol. The molecule has 2 aromatic heterocycles. The number of para-hydroxylation sites is 1. The van der Waals surface area contributed by atoms with Gasteiger partial charge in [-0.25, -0.2) is 4.98 Å². The normalized spacial score (nSPS) is 12.6. The first-order chi connectivity index (χ1) is 17.3. The lowest BCUT2D eigenvalue weighted by molar-refractivity contribution is 0.214. The molecule has 0 fully saturated rings. The Morgan fingerprint density at radius 1 is 1.14 bits per heavy atom. The Balaban J connectivity index is 1.63. The van der Waals surface area contributed by atoms with Gasteiger partial charge in [0.05, 0.1) is 32.2 Å². The second-order valence-electron chi connectivity index (χ2n) is 8.26. The summed E-state index contributed by atoms with van der Waals surface area (Å²) in [6.45, 7) is 4.08. The fourth-order valence-corrected chi connectivity index (χ4v) is 5.28. The van der Waals surface area contributed by atoms with Gasteiger partial charge in [-0.1, -0.05) is 30.7 Å². The Bertz CT molecular complexity index is 1670. The van der Waals surface area contributed by atoms with Crippen LogP contribution in [0.3, 0.4) is 0 Å². The Labute approximate surface area is 228 Å². The van der Waals surface area contributed by atoms with Crippen LogP contribution in [0.25, 0.3) is 33.5 Å². The van der Waals surface area contributed by atoms with E-state index in [0.717, 1.165) is 26.3 Å². The summed E-state index contributed by atoms with van der Waals surface area (Å²) in [6.07, 6.45) is 2.56. The molecule has 6 nitrogen and oxygen atoms in total. The summed E-state index contributed by atoms with van der Waals surface area (Å²) in [7, 11) is 0. The average Bonchev–Trinajstić information content (AvgIpc) is 3.28. The largest absolute Gasteiger partial charge is 0.488 e. The minimum atomic E-state index is -0.305. The molecule has 0 aliphatic carbocycles. The number of furan rings is 1. The van der Waals surface area contributed by atoms with Gasteiger partial charge in [-0.05, 0) is 99.3 Å². The molecule has 0 bridgehead atoms. The zero-order valence-corrected chi connectivity index (χ0v) is 23.3. The van der Waals surface area contributed by atoms with E-state index in [1.165, 1.54) is 4.68 Å². The summed E-state index contributed by atoms with van der Waals surface area (Å²) in [5.41, 5.74) is 1.64. The molecule has 9 heteroatoms. The molecule has 2 heterocycles. The fourth-order valence-electron chi connectivity index (χ4n) is 3.69. The minimum Gasteiger partial charge on any atom is -0.488 e. The molecule has 0 amide bonds. The zero-order valence-electron chi connectivity index (χ0n) is 19.3. The van der Waals surface area contributed by atoms with E-state index in [2.05, 4.69) is 43.9 Å². The maximum absolute atomic E-state index is 13.5. The fraction of sp³-hybridized carbons (Fsp3) is 0.148. The van der Waals surface area contributed by atoms with Gasteiger partial charge in [-0.3, -0.25) is 4.79 Å². The van der Waals surface area contributed by atoms with E-state index >= 15 is 0 Å². The predicted molar refractivity (Wildman–Crippen MR) is 151 cm³/mol. The molecule has 182 valence electrons. The summed E-state index contributed by atoms with van der Waals surface area (Å²) < 4.78 is 14.8. The molecule has 3 aromatic carbocycles. The maximum atomic E-state index is 13.5. The lowest BCUT2D eigenvalue weighted by atomic mass is 10.2. The molecule has 5 aromatic rings. The van der Waals surface area contributed by atoms with Crippen molar-refractivity contribution in [3.63, 3.8) is 0 Å². The molecule has 0 radical (unpaired) electrons. The highest BCUT2D eigenvalue weighted by Gasteiger charge is 2.17. The first kappa shape index (κ1) is 24.7. The second kappa shape index (κ2) is 10.2. The number of aromatic nitrogens is 2. The number of benzene rings is 3. The summed E-state index contributed by atoms with van der Waals surface area (Å²) >= 11 is 13.3. The topological polar surface area (TPSA) is 69.6 Å². The Morgan fingerprint density at radius 2 is 1.89 bits per heavy atom. The van der Waals surface area contributed by atoms with Gasteiger partial charge in [0.15, 0.2) is 5.76 Å². The molecule has 5 rings (SSSR count). The number of hydrogen-bond acceptors (Lipinski definition) is 5. The quantitative estimate of drug-likeness (QED) is 0.178. The van der Waals surface area contributed by atoms with E-state index in [1.54, 1.807) is 48.7 Å². The van der Waals surface area contributed by atoms with Crippen LogP contribution in [0.5, 0.6) is 5.75 Å². The van der Waals surface area contributed by atoms with E-state index in [9.17, 15) is 4.79 Å². The van der Waals surface area contributed by atoms with Crippen LogP contribution in [0.15, 0.2) is 83.9 Å². The second-order valence-corrected chi connectivity index (χ2v) is 10.4. The highest BCUT2D eigenvalue weighted by Crippen LogP contribution is 2.35. The molecule has 0 spiro atoms. The van der Waals surface area contributed by atoms with Gasteiger partial charge < -0.3 is 9.15 Å². The molecule has 0 saturated carbocycles. The number of rotatable bonds is 6. The van der Waals surface area contributed by atoms with Gasteiger partial charge >= 0.3 is 0 Å². The third kappa shape index (κ3) is 4.85. The number of hydrogen-bond donors (Lipinski definition) is 0. The summed E-state index contributed by atoms with van der Waals surface area (Å²) in [4.78, 5) is 18.2. The first-order valence-corrected chi connectivity index (χ1v) is 13.2. The Morgan fingerprint density at radius 3 is 2.64 bits per heavy atom. The van der Waals surface area contributed by atoms with Crippen LogP contribution in [-0.4, -0.2) is 22.0 Å². The van der Waals surface area contributed by atoms with Crippen molar-refractivity contribution in [2.45, 2.75) is 26.4 Å². The molecular formula is C27H20Br2ClN3O3. The minimum absolute atomic E-state index is 0.0700. The highest BCUT2D eigenvalue weighted by atomic mass is 79.9. The molecule has 0 aliphatic heterocycles. The smallest absolute Gasteiger partial charge is 0.282 e. The predicted octanol–water partition coefficient (Wildman–Crippen LogP) is 8.05. The van der Waals surface area contributed by atoms with Crippen molar-refractivity contribution in [3.8, 4) is 17.3 Å². The third-order valence-electron chi connectivity index (χ3n) is 5.69.